The molecule has 25 heavy (non-hydrogen) atoms. The molecule has 0 bridgehead atoms. The van der Waals surface area contributed by atoms with Gasteiger partial charge >= 0.3 is 0 Å². The summed E-state index contributed by atoms with van der Waals surface area (Å²) >= 11 is 5.20. The van der Waals surface area contributed by atoms with Crippen LogP contribution in [0.25, 0.3) is 0 Å². The lowest BCUT2D eigenvalue weighted by atomic mass is 10.1. The number of benzene rings is 1. The molecule has 0 saturated carbocycles. The number of furan rings is 1. The summed E-state index contributed by atoms with van der Waals surface area (Å²) in [4.78, 5) is 13.7. The van der Waals surface area contributed by atoms with E-state index in [2.05, 4.69) is 15.8 Å². The molecule has 0 radical (unpaired) electrons. The van der Waals surface area contributed by atoms with E-state index in [1.807, 2.05) is 48.2 Å². The molecular formula is C18H20N4O2S. The molecule has 1 aromatic carbocycles. The highest BCUT2D eigenvalue weighted by Crippen LogP contribution is 2.22. The summed E-state index contributed by atoms with van der Waals surface area (Å²) in [6.07, 6.45) is 3.15. The van der Waals surface area contributed by atoms with Crippen LogP contribution in [0.4, 0.5) is 5.69 Å². The molecule has 2 aromatic rings. The lowest BCUT2D eigenvalue weighted by Crippen LogP contribution is -2.32. The zero-order valence-corrected chi connectivity index (χ0v) is 14.8. The Morgan fingerprint density at radius 2 is 2.24 bits per heavy atom. The van der Waals surface area contributed by atoms with Crippen LogP contribution >= 0.6 is 12.2 Å². The first kappa shape index (κ1) is 17.2. The topological polar surface area (TPSA) is 69.9 Å². The van der Waals surface area contributed by atoms with Gasteiger partial charge in [-0.25, -0.2) is 0 Å². The second-order valence-corrected chi connectivity index (χ2v) is 6.18. The summed E-state index contributed by atoms with van der Waals surface area (Å²) in [5.74, 6) is 0.973. The lowest BCUT2D eigenvalue weighted by molar-refractivity contribution is -0.117. The smallest absolute Gasteiger partial charge is 0.227 e. The largest absolute Gasteiger partial charge is 0.467 e. The van der Waals surface area contributed by atoms with Crippen molar-refractivity contribution < 1.29 is 9.21 Å². The van der Waals surface area contributed by atoms with Gasteiger partial charge in [-0.1, -0.05) is 12.1 Å². The minimum atomic E-state index is 0.174. The van der Waals surface area contributed by atoms with Crippen LogP contribution in [0.15, 0.2) is 52.2 Å². The van der Waals surface area contributed by atoms with Gasteiger partial charge in [0.25, 0.3) is 0 Å². The van der Waals surface area contributed by atoms with Crippen molar-refractivity contribution in [3.63, 3.8) is 0 Å². The molecule has 7 heteroatoms. The van der Waals surface area contributed by atoms with Crippen LogP contribution in [0.3, 0.4) is 0 Å². The third kappa shape index (κ3) is 4.45. The molecular weight excluding hydrogens is 336 g/mol. The van der Waals surface area contributed by atoms with E-state index in [9.17, 15) is 4.79 Å². The second kappa shape index (κ2) is 7.94. The Morgan fingerprint density at radius 1 is 1.36 bits per heavy atom. The Labute approximate surface area is 151 Å². The number of nitrogens with zero attached hydrogens (tertiary/aromatic N) is 2. The van der Waals surface area contributed by atoms with Crippen LogP contribution in [0.1, 0.15) is 31.1 Å². The number of hydrogen-bond acceptors (Lipinski definition) is 4. The summed E-state index contributed by atoms with van der Waals surface area (Å²) in [7, 11) is 0. The molecule has 1 aromatic heterocycles. The van der Waals surface area contributed by atoms with E-state index in [1.165, 1.54) is 0 Å². The van der Waals surface area contributed by atoms with Crippen LogP contribution in [0, 0.1) is 0 Å². The fourth-order valence-corrected chi connectivity index (χ4v) is 2.76. The molecule has 2 heterocycles. The monoisotopic (exact) mass is 356 g/mol. The summed E-state index contributed by atoms with van der Waals surface area (Å²) in [6, 6.07) is 11.5. The maximum Gasteiger partial charge on any atom is 0.227 e. The Balaban J connectivity index is 1.60. The van der Waals surface area contributed by atoms with Crippen molar-refractivity contribution in [1.82, 2.24) is 10.7 Å². The van der Waals surface area contributed by atoms with Gasteiger partial charge in [0.15, 0.2) is 5.11 Å². The number of rotatable bonds is 5. The molecule has 1 saturated heterocycles. The molecule has 0 spiro atoms. The zero-order valence-electron chi connectivity index (χ0n) is 14.0. The Hall–Kier alpha value is -2.67. The van der Waals surface area contributed by atoms with E-state index in [0.717, 1.165) is 35.7 Å². The van der Waals surface area contributed by atoms with Gasteiger partial charge in [0.1, 0.15) is 5.76 Å². The van der Waals surface area contributed by atoms with Gasteiger partial charge in [-0.3, -0.25) is 10.2 Å². The van der Waals surface area contributed by atoms with Crippen LogP contribution in [-0.4, -0.2) is 23.3 Å². The number of nitrogens with one attached hydrogen (secondary N) is 2. The number of amides is 1. The molecule has 0 unspecified atom stereocenters. The van der Waals surface area contributed by atoms with Crippen molar-refractivity contribution >= 4 is 34.6 Å². The van der Waals surface area contributed by atoms with Crippen molar-refractivity contribution in [2.45, 2.75) is 26.3 Å². The molecule has 130 valence electrons. The first-order valence-electron chi connectivity index (χ1n) is 8.15. The summed E-state index contributed by atoms with van der Waals surface area (Å²) in [5.41, 5.74) is 5.47. The quantitative estimate of drug-likeness (QED) is 0.490. The van der Waals surface area contributed by atoms with Crippen molar-refractivity contribution in [1.29, 1.82) is 0 Å². The molecule has 0 aliphatic carbocycles. The van der Waals surface area contributed by atoms with Crippen molar-refractivity contribution in [3.05, 3.63) is 54.0 Å². The predicted octanol–water partition coefficient (Wildman–Crippen LogP) is 2.79. The SMILES string of the molecule is C/C(=N/NC(=S)NCc1ccco1)c1cccc(N2CCCC2=O)c1. The first-order chi connectivity index (χ1) is 12.1. The Morgan fingerprint density at radius 3 is 2.96 bits per heavy atom. The number of carbonyl (C=O) groups excluding carboxylic acids is 1. The van der Waals surface area contributed by atoms with Gasteiger partial charge in [0.05, 0.1) is 18.5 Å². The van der Waals surface area contributed by atoms with Crippen LogP contribution in [-0.2, 0) is 11.3 Å². The number of carbonyl (C=O) groups is 1. The number of hydrazone groups is 1. The molecule has 1 fully saturated rings. The molecule has 3 rings (SSSR count). The minimum Gasteiger partial charge on any atom is -0.467 e. The van der Waals surface area contributed by atoms with Crippen molar-refractivity contribution in [2.24, 2.45) is 5.10 Å². The molecule has 2 N–H and O–H groups in total. The highest BCUT2D eigenvalue weighted by atomic mass is 32.1. The van der Waals surface area contributed by atoms with E-state index in [4.69, 9.17) is 16.6 Å². The average molecular weight is 356 g/mol. The number of anilines is 1. The molecule has 6 nitrogen and oxygen atoms in total. The number of hydrogen-bond donors (Lipinski definition) is 2. The standard InChI is InChI=1S/C18H20N4O2S/c1-13(20-21-18(25)19-12-16-7-4-10-24-16)14-5-2-6-15(11-14)22-9-3-8-17(22)23/h2,4-7,10-11H,3,8-9,12H2,1H3,(H2,19,21,25)/b20-13-. The third-order valence-electron chi connectivity index (χ3n) is 3.98. The van der Waals surface area contributed by atoms with Gasteiger partial charge in [0, 0.05) is 18.7 Å². The van der Waals surface area contributed by atoms with E-state index < -0.39 is 0 Å². The van der Waals surface area contributed by atoms with Gasteiger partial charge in [-0.2, -0.15) is 5.10 Å². The maximum absolute atomic E-state index is 11.9. The van der Waals surface area contributed by atoms with Crippen LogP contribution in [0.2, 0.25) is 0 Å². The number of thiocarbonyl (C=S) groups is 1. The Kier molecular flexibility index (Phi) is 5.45. The van der Waals surface area contributed by atoms with Crippen molar-refractivity contribution in [2.75, 3.05) is 11.4 Å². The van der Waals surface area contributed by atoms with Gasteiger partial charge < -0.3 is 14.6 Å². The zero-order chi connectivity index (χ0) is 17.6. The summed E-state index contributed by atoms with van der Waals surface area (Å²) in [5, 5.41) is 7.75. The molecule has 1 aliphatic rings. The highest BCUT2D eigenvalue weighted by molar-refractivity contribution is 7.80. The van der Waals surface area contributed by atoms with Crippen molar-refractivity contribution in [3.8, 4) is 0 Å². The Bertz CT molecular complexity index is 786. The minimum absolute atomic E-state index is 0.174. The summed E-state index contributed by atoms with van der Waals surface area (Å²) in [6.45, 7) is 3.17. The van der Waals surface area contributed by atoms with E-state index in [-0.39, 0.29) is 5.91 Å². The fraction of sp³-hybridized carbons (Fsp3) is 0.278. The fourth-order valence-electron chi connectivity index (χ4n) is 2.64. The van der Waals surface area contributed by atoms with Gasteiger partial charge in [-0.05, 0) is 55.4 Å². The predicted molar refractivity (Wildman–Crippen MR) is 102 cm³/mol. The van der Waals surface area contributed by atoms with Gasteiger partial charge in [0.2, 0.25) is 5.91 Å². The normalized spacial score (nSPS) is 14.7. The third-order valence-corrected chi connectivity index (χ3v) is 4.21. The van der Waals surface area contributed by atoms with Gasteiger partial charge in [-0.15, -0.1) is 0 Å². The first-order valence-corrected chi connectivity index (χ1v) is 8.55. The summed E-state index contributed by atoms with van der Waals surface area (Å²) < 4.78 is 5.23. The molecule has 1 amide bonds. The molecule has 0 atom stereocenters. The maximum atomic E-state index is 11.9. The van der Waals surface area contributed by atoms with E-state index >= 15 is 0 Å². The van der Waals surface area contributed by atoms with E-state index in [1.54, 1.807) is 6.26 Å². The highest BCUT2D eigenvalue weighted by Gasteiger charge is 2.21. The second-order valence-electron chi connectivity index (χ2n) is 5.77. The van der Waals surface area contributed by atoms with Crippen LogP contribution in [0.5, 0.6) is 0 Å². The average Bonchev–Trinajstić information content (AvgIpc) is 3.29. The lowest BCUT2D eigenvalue weighted by Gasteiger charge is -2.16. The molecule has 1 aliphatic heterocycles. The van der Waals surface area contributed by atoms with E-state index in [0.29, 0.717) is 18.1 Å². The van der Waals surface area contributed by atoms with Crippen LogP contribution < -0.4 is 15.6 Å².